The zero-order valence-corrected chi connectivity index (χ0v) is 13.7. The van der Waals surface area contributed by atoms with E-state index >= 15 is 0 Å². The van der Waals surface area contributed by atoms with E-state index in [1.807, 2.05) is 4.90 Å². The molecule has 0 aromatic heterocycles. The predicted molar refractivity (Wildman–Crippen MR) is 83.9 cm³/mol. The van der Waals surface area contributed by atoms with Gasteiger partial charge in [0.25, 0.3) is 0 Å². The zero-order chi connectivity index (χ0) is 15.4. The lowest BCUT2D eigenvalue weighted by Crippen LogP contribution is -2.53. The maximum absolute atomic E-state index is 12.4. The van der Waals surface area contributed by atoms with Crippen LogP contribution in [0, 0.1) is 5.92 Å². The molecule has 126 valence electrons. The second-order valence-electron chi connectivity index (χ2n) is 6.87. The van der Waals surface area contributed by atoms with Crippen LogP contribution in [0.25, 0.3) is 0 Å². The van der Waals surface area contributed by atoms with Crippen LogP contribution < -0.4 is 5.32 Å². The van der Waals surface area contributed by atoms with Crippen LogP contribution in [0.15, 0.2) is 0 Å². The Bertz CT molecular complexity index is 373. The summed E-state index contributed by atoms with van der Waals surface area (Å²) in [5.74, 6) is 0.608. The Hall–Kier alpha value is -0.850. The number of methoxy groups -OCH3 is 1. The van der Waals surface area contributed by atoms with Crippen LogP contribution in [0.2, 0.25) is 0 Å². The van der Waals surface area contributed by atoms with Gasteiger partial charge in [-0.2, -0.15) is 0 Å². The molecule has 1 aliphatic carbocycles. The molecule has 2 amide bonds. The third-order valence-corrected chi connectivity index (χ3v) is 5.38. The second kappa shape index (κ2) is 7.15. The highest BCUT2D eigenvalue weighted by molar-refractivity contribution is 5.74. The minimum atomic E-state index is 0.107. The molecule has 0 aromatic carbocycles. The number of hydrogen-bond donors (Lipinski definition) is 1. The topological polar surface area (TPSA) is 54.0 Å². The minimum Gasteiger partial charge on any atom is -0.384 e. The van der Waals surface area contributed by atoms with E-state index in [2.05, 4.69) is 10.2 Å². The summed E-state index contributed by atoms with van der Waals surface area (Å²) in [5, 5.41) is 3.17. The summed E-state index contributed by atoms with van der Waals surface area (Å²) < 4.78 is 10.6. The molecule has 2 aliphatic heterocycles. The highest BCUT2D eigenvalue weighted by Gasteiger charge is 2.48. The molecule has 3 rings (SSSR count). The average Bonchev–Trinajstić information content (AvgIpc) is 3.36. The lowest BCUT2D eigenvalue weighted by Gasteiger charge is -2.36. The van der Waals surface area contributed by atoms with Gasteiger partial charge in [0, 0.05) is 52.0 Å². The Labute approximate surface area is 133 Å². The van der Waals surface area contributed by atoms with Crippen LogP contribution in [0.5, 0.6) is 0 Å². The summed E-state index contributed by atoms with van der Waals surface area (Å²) in [5.41, 5.74) is 0.216. The number of amides is 2. The van der Waals surface area contributed by atoms with Gasteiger partial charge in [-0.15, -0.1) is 0 Å². The molecular formula is C16H29N3O3. The molecule has 0 spiro atoms. The minimum absolute atomic E-state index is 0.107. The number of carbonyl (C=O) groups excluding carboxylic acids is 1. The summed E-state index contributed by atoms with van der Waals surface area (Å²) in [6.07, 6.45) is 4.50. The number of rotatable bonds is 5. The van der Waals surface area contributed by atoms with E-state index in [1.54, 1.807) is 7.11 Å². The third kappa shape index (κ3) is 3.73. The Balaban J connectivity index is 1.41. The summed E-state index contributed by atoms with van der Waals surface area (Å²) in [6, 6.07) is 0.107. The van der Waals surface area contributed by atoms with Gasteiger partial charge in [0.2, 0.25) is 0 Å². The van der Waals surface area contributed by atoms with Crippen molar-refractivity contribution in [2.75, 3.05) is 59.7 Å². The standard InChI is InChI=1S/C16H29N3O3/c1-21-12-14-2-6-18(7-3-14)15(20)17-13-16(4-5-16)19-8-10-22-11-9-19/h14H,2-13H2,1H3,(H,17,20). The van der Waals surface area contributed by atoms with Crippen LogP contribution >= 0.6 is 0 Å². The van der Waals surface area contributed by atoms with Gasteiger partial charge in [0.05, 0.1) is 13.2 Å². The lowest BCUT2D eigenvalue weighted by molar-refractivity contribution is 0.00988. The van der Waals surface area contributed by atoms with Gasteiger partial charge in [-0.3, -0.25) is 4.90 Å². The molecule has 1 saturated carbocycles. The molecule has 3 fully saturated rings. The molecule has 0 bridgehead atoms. The van der Waals surface area contributed by atoms with Gasteiger partial charge in [-0.25, -0.2) is 4.79 Å². The van der Waals surface area contributed by atoms with Gasteiger partial charge in [0.1, 0.15) is 0 Å². The number of nitrogens with zero attached hydrogens (tertiary/aromatic N) is 2. The Morgan fingerprint density at radius 3 is 2.50 bits per heavy atom. The van der Waals surface area contributed by atoms with Crippen LogP contribution in [0.3, 0.4) is 0 Å². The number of morpholine rings is 1. The Morgan fingerprint density at radius 2 is 1.91 bits per heavy atom. The molecule has 6 nitrogen and oxygen atoms in total. The number of nitrogens with one attached hydrogen (secondary N) is 1. The normalized spacial score (nSPS) is 26.0. The average molecular weight is 311 g/mol. The molecule has 0 unspecified atom stereocenters. The number of likely N-dealkylation sites (tertiary alicyclic amines) is 1. The summed E-state index contributed by atoms with van der Waals surface area (Å²) >= 11 is 0. The first-order valence-electron chi connectivity index (χ1n) is 8.58. The summed E-state index contributed by atoms with van der Waals surface area (Å²) in [7, 11) is 1.75. The van der Waals surface area contributed by atoms with Crippen molar-refractivity contribution >= 4 is 6.03 Å². The van der Waals surface area contributed by atoms with Crippen molar-refractivity contribution in [3.63, 3.8) is 0 Å². The highest BCUT2D eigenvalue weighted by Crippen LogP contribution is 2.41. The van der Waals surface area contributed by atoms with E-state index in [1.165, 1.54) is 12.8 Å². The molecule has 2 saturated heterocycles. The van der Waals surface area contributed by atoms with Gasteiger partial charge >= 0.3 is 6.03 Å². The molecule has 22 heavy (non-hydrogen) atoms. The first-order valence-corrected chi connectivity index (χ1v) is 8.58. The first kappa shape index (κ1) is 16.0. The first-order chi connectivity index (χ1) is 10.7. The maximum atomic E-state index is 12.4. The fourth-order valence-electron chi connectivity index (χ4n) is 3.68. The number of carbonyl (C=O) groups is 1. The van der Waals surface area contributed by atoms with Crippen molar-refractivity contribution in [2.45, 2.75) is 31.2 Å². The number of piperidine rings is 1. The number of urea groups is 1. The van der Waals surface area contributed by atoms with E-state index in [0.717, 1.165) is 65.4 Å². The fraction of sp³-hybridized carbons (Fsp3) is 0.938. The maximum Gasteiger partial charge on any atom is 0.317 e. The van der Waals surface area contributed by atoms with Gasteiger partial charge < -0.3 is 19.7 Å². The molecule has 0 atom stereocenters. The van der Waals surface area contributed by atoms with Crippen LogP contribution in [-0.4, -0.2) is 81.0 Å². The van der Waals surface area contributed by atoms with Crippen molar-refractivity contribution in [3.8, 4) is 0 Å². The van der Waals surface area contributed by atoms with Crippen molar-refractivity contribution in [1.82, 2.24) is 15.1 Å². The van der Waals surface area contributed by atoms with E-state index < -0.39 is 0 Å². The lowest BCUT2D eigenvalue weighted by atomic mass is 9.98. The molecule has 3 aliphatic rings. The van der Waals surface area contributed by atoms with E-state index in [4.69, 9.17) is 9.47 Å². The van der Waals surface area contributed by atoms with Gasteiger partial charge in [-0.05, 0) is 31.6 Å². The molecule has 1 N–H and O–H groups in total. The summed E-state index contributed by atoms with van der Waals surface area (Å²) in [4.78, 5) is 16.8. The Kier molecular flexibility index (Phi) is 5.21. The van der Waals surface area contributed by atoms with Crippen LogP contribution in [0.1, 0.15) is 25.7 Å². The number of hydrogen-bond acceptors (Lipinski definition) is 4. The quantitative estimate of drug-likeness (QED) is 0.820. The van der Waals surface area contributed by atoms with Gasteiger partial charge in [-0.1, -0.05) is 0 Å². The molecule has 2 heterocycles. The zero-order valence-electron chi connectivity index (χ0n) is 13.7. The number of ether oxygens (including phenoxy) is 2. The van der Waals surface area contributed by atoms with Crippen LogP contribution in [-0.2, 0) is 9.47 Å². The molecule has 0 radical (unpaired) electrons. The summed E-state index contributed by atoms with van der Waals surface area (Å²) in [6.45, 7) is 6.94. The molecular weight excluding hydrogens is 282 g/mol. The molecule has 0 aromatic rings. The predicted octanol–water partition coefficient (Wildman–Crippen LogP) is 0.919. The Morgan fingerprint density at radius 1 is 1.23 bits per heavy atom. The van der Waals surface area contributed by atoms with Crippen molar-refractivity contribution in [2.24, 2.45) is 5.92 Å². The van der Waals surface area contributed by atoms with E-state index in [9.17, 15) is 4.79 Å². The fourth-order valence-corrected chi connectivity index (χ4v) is 3.68. The van der Waals surface area contributed by atoms with Crippen molar-refractivity contribution in [3.05, 3.63) is 0 Å². The van der Waals surface area contributed by atoms with Crippen molar-refractivity contribution in [1.29, 1.82) is 0 Å². The molecule has 6 heteroatoms. The largest absolute Gasteiger partial charge is 0.384 e. The van der Waals surface area contributed by atoms with E-state index in [0.29, 0.717) is 5.92 Å². The monoisotopic (exact) mass is 311 g/mol. The van der Waals surface area contributed by atoms with Crippen LogP contribution in [0.4, 0.5) is 4.79 Å². The highest BCUT2D eigenvalue weighted by atomic mass is 16.5. The van der Waals surface area contributed by atoms with Crippen molar-refractivity contribution < 1.29 is 14.3 Å². The smallest absolute Gasteiger partial charge is 0.317 e. The SMILES string of the molecule is COCC1CCN(C(=O)NCC2(N3CCOCC3)CC2)CC1. The van der Waals surface area contributed by atoms with E-state index in [-0.39, 0.29) is 11.6 Å². The second-order valence-corrected chi connectivity index (χ2v) is 6.87. The van der Waals surface area contributed by atoms with Gasteiger partial charge in [0.15, 0.2) is 0 Å². The third-order valence-electron chi connectivity index (χ3n) is 5.38.